The van der Waals surface area contributed by atoms with Crippen LogP contribution in [-0.2, 0) is 9.59 Å². The topological polar surface area (TPSA) is 83.6 Å². The van der Waals surface area contributed by atoms with Gasteiger partial charge in [-0.25, -0.2) is 0 Å². The highest BCUT2D eigenvalue weighted by Crippen LogP contribution is 2.37. The molecule has 3 N–H and O–H groups in total. The SMILES string of the molecule is NC(=O)CCN1CC(CC(=O)O)c2ccccc21. The molecule has 0 saturated heterocycles. The normalized spacial score (nSPS) is 17.6. The molecule has 0 spiro atoms. The summed E-state index contributed by atoms with van der Waals surface area (Å²) < 4.78 is 0. The molecule has 5 heteroatoms. The summed E-state index contributed by atoms with van der Waals surface area (Å²) in [5, 5.41) is 8.91. The van der Waals surface area contributed by atoms with Crippen LogP contribution in [0.2, 0.25) is 0 Å². The first-order valence-corrected chi connectivity index (χ1v) is 5.92. The molecule has 0 fully saturated rings. The van der Waals surface area contributed by atoms with E-state index in [1.54, 1.807) is 0 Å². The van der Waals surface area contributed by atoms with E-state index in [2.05, 4.69) is 0 Å². The first-order chi connectivity index (χ1) is 8.58. The Morgan fingerprint density at radius 2 is 2.11 bits per heavy atom. The zero-order valence-electron chi connectivity index (χ0n) is 10.0. The van der Waals surface area contributed by atoms with Crippen LogP contribution in [0.5, 0.6) is 0 Å². The molecule has 1 aliphatic heterocycles. The third-order valence-electron chi connectivity index (χ3n) is 3.21. The van der Waals surface area contributed by atoms with Gasteiger partial charge in [0, 0.05) is 31.1 Å². The van der Waals surface area contributed by atoms with Crippen molar-refractivity contribution in [1.29, 1.82) is 0 Å². The number of anilines is 1. The van der Waals surface area contributed by atoms with Crippen molar-refractivity contribution in [2.45, 2.75) is 18.8 Å². The lowest BCUT2D eigenvalue weighted by Crippen LogP contribution is -2.27. The number of carbonyl (C=O) groups excluding carboxylic acids is 1. The number of nitrogens with zero attached hydrogens (tertiary/aromatic N) is 1. The number of carbonyl (C=O) groups is 2. The highest BCUT2D eigenvalue weighted by molar-refractivity contribution is 5.75. The number of benzene rings is 1. The molecule has 0 aliphatic carbocycles. The Kier molecular flexibility index (Phi) is 3.50. The highest BCUT2D eigenvalue weighted by atomic mass is 16.4. The Hall–Kier alpha value is -2.04. The van der Waals surface area contributed by atoms with Crippen molar-refractivity contribution in [2.75, 3.05) is 18.0 Å². The molecular weight excluding hydrogens is 232 g/mol. The number of para-hydroxylation sites is 1. The van der Waals surface area contributed by atoms with E-state index >= 15 is 0 Å². The second-order valence-electron chi connectivity index (χ2n) is 4.52. The van der Waals surface area contributed by atoms with Crippen LogP contribution in [0.25, 0.3) is 0 Å². The lowest BCUT2D eigenvalue weighted by Gasteiger charge is -2.18. The zero-order chi connectivity index (χ0) is 13.1. The van der Waals surface area contributed by atoms with Gasteiger partial charge in [-0.1, -0.05) is 18.2 Å². The first kappa shape index (κ1) is 12.4. The van der Waals surface area contributed by atoms with Gasteiger partial charge in [0.1, 0.15) is 0 Å². The molecule has 1 unspecified atom stereocenters. The van der Waals surface area contributed by atoms with Gasteiger partial charge in [-0.05, 0) is 11.6 Å². The van der Waals surface area contributed by atoms with Crippen molar-refractivity contribution < 1.29 is 14.7 Å². The molecule has 2 rings (SSSR count). The maximum Gasteiger partial charge on any atom is 0.304 e. The number of hydrogen-bond donors (Lipinski definition) is 2. The zero-order valence-corrected chi connectivity index (χ0v) is 10.0. The van der Waals surface area contributed by atoms with E-state index in [-0.39, 0.29) is 24.7 Å². The lowest BCUT2D eigenvalue weighted by molar-refractivity contribution is -0.137. The third kappa shape index (κ3) is 2.61. The second kappa shape index (κ2) is 5.08. The minimum absolute atomic E-state index is 0.00780. The standard InChI is InChI=1S/C13H16N2O3/c14-12(16)5-6-15-8-9(7-13(17)18)10-3-1-2-4-11(10)15/h1-4,9H,5-8H2,(H2,14,16)(H,17,18). The molecule has 18 heavy (non-hydrogen) atoms. The predicted molar refractivity (Wildman–Crippen MR) is 67.5 cm³/mol. The summed E-state index contributed by atoms with van der Waals surface area (Å²) in [7, 11) is 0. The average Bonchev–Trinajstić information content (AvgIpc) is 2.65. The number of fused-ring (bicyclic) bond motifs is 1. The Morgan fingerprint density at radius 3 is 2.78 bits per heavy atom. The molecule has 0 radical (unpaired) electrons. The number of hydrogen-bond acceptors (Lipinski definition) is 3. The van der Waals surface area contributed by atoms with E-state index in [0.29, 0.717) is 13.1 Å². The molecule has 1 aromatic carbocycles. The van der Waals surface area contributed by atoms with Crippen LogP contribution >= 0.6 is 0 Å². The van der Waals surface area contributed by atoms with E-state index in [0.717, 1.165) is 11.3 Å². The number of primary amides is 1. The van der Waals surface area contributed by atoms with Crippen LogP contribution in [0.15, 0.2) is 24.3 Å². The first-order valence-electron chi connectivity index (χ1n) is 5.92. The van der Waals surface area contributed by atoms with E-state index in [1.165, 1.54) is 0 Å². The van der Waals surface area contributed by atoms with Gasteiger partial charge in [0.25, 0.3) is 0 Å². The summed E-state index contributed by atoms with van der Waals surface area (Å²) >= 11 is 0. The fourth-order valence-electron chi connectivity index (χ4n) is 2.43. The van der Waals surface area contributed by atoms with Crippen molar-refractivity contribution in [3.8, 4) is 0 Å². The molecule has 0 bridgehead atoms. The number of aliphatic carboxylic acids is 1. The monoisotopic (exact) mass is 248 g/mol. The van der Waals surface area contributed by atoms with Crippen LogP contribution in [0.4, 0.5) is 5.69 Å². The van der Waals surface area contributed by atoms with Gasteiger partial charge >= 0.3 is 5.97 Å². The Labute approximate surface area is 105 Å². The van der Waals surface area contributed by atoms with Crippen molar-refractivity contribution >= 4 is 17.6 Å². The fraction of sp³-hybridized carbons (Fsp3) is 0.385. The van der Waals surface area contributed by atoms with Crippen LogP contribution in [0, 0.1) is 0 Å². The van der Waals surface area contributed by atoms with E-state index < -0.39 is 5.97 Å². The molecule has 1 amide bonds. The van der Waals surface area contributed by atoms with Gasteiger partial charge < -0.3 is 15.7 Å². The van der Waals surface area contributed by atoms with Gasteiger partial charge in [-0.3, -0.25) is 9.59 Å². The molecule has 1 aliphatic rings. The average molecular weight is 248 g/mol. The predicted octanol–water partition coefficient (Wildman–Crippen LogP) is 0.940. The minimum atomic E-state index is -0.799. The maximum atomic E-state index is 10.8. The van der Waals surface area contributed by atoms with Gasteiger partial charge in [-0.15, -0.1) is 0 Å². The van der Waals surface area contributed by atoms with E-state index in [1.807, 2.05) is 29.2 Å². The van der Waals surface area contributed by atoms with Crippen LogP contribution in [0.3, 0.4) is 0 Å². The summed E-state index contributed by atoms with van der Waals surface area (Å²) in [6.45, 7) is 1.18. The number of carboxylic acids is 1. The fourth-order valence-corrected chi connectivity index (χ4v) is 2.43. The largest absolute Gasteiger partial charge is 0.481 e. The summed E-state index contributed by atoms with van der Waals surface area (Å²) in [6.07, 6.45) is 0.401. The van der Waals surface area contributed by atoms with Gasteiger partial charge in [0.2, 0.25) is 5.91 Å². The molecule has 1 heterocycles. The number of amides is 1. The van der Waals surface area contributed by atoms with Crippen molar-refractivity contribution in [1.82, 2.24) is 0 Å². The van der Waals surface area contributed by atoms with Gasteiger partial charge in [0.05, 0.1) is 6.42 Å². The molecule has 5 nitrogen and oxygen atoms in total. The molecule has 1 aromatic rings. The molecular formula is C13H16N2O3. The van der Waals surface area contributed by atoms with Crippen LogP contribution < -0.4 is 10.6 Å². The quantitative estimate of drug-likeness (QED) is 0.812. The Balaban J connectivity index is 2.16. The number of rotatable bonds is 5. The number of carboxylic acid groups (broad SMARTS) is 1. The van der Waals surface area contributed by atoms with Crippen molar-refractivity contribution in [2.24, 2.45) is 5.73 Å². The maximum absolute atomic E-state index is 10.8. The van der Waals surface area contributed by atoms with E-state index in [4.69, 9.17) is 10.8 Å². The summed E-state index contributed by atoms with van der Waals surface area (Å²) in [4.78, 5) is 23.7. The molecule has 1 atom stereocenters. The molecule has 0 saturated carbocycles. The van der Waals surface area contributed by atoms with Gasteiger partial charge in [-0.2, -0.15) is 0 Å². The third-order valence-corrected chi connectivity index (χ3v) is 3.21. The Bertz CT molecular complexity index is 473. The highest BCUT2D eigenvalue weighted by Gasteiger charge is 2.29. The summed E-state index contributed by atoms with van der Waals surface area (Å²) in [5.41, 5.74) is 7.21. The smallest absolute Gasteiger partial charge is 0.304 e. The summed E-state index contributed by atoms with van der Waals surface area (Å²) in [6, 6.07) is 7.73. The van der Waals surface area contributed by atoms with Crippen molar-refractivity contribution in [3.05, 3.63) is 29.8 Å². The molecule has 96 valence electrons. The van der Waals surface area contributed by atoms with E-state index in [9.17, 15) is 9.59 Å². The Morgan fingerprint density at radius 1 is 1.39 bits per heavy atom. The van der Waals surface area contributed by atoms with Gasteiger partial charge in [0.15, 0.2) is 0 Å². The second-order valence-corrected chi connectivity index (χ2v) is 4.52. The molecule has 0 aromatic heterocycles. The summed E-state index contributed by atoms with van der Waals surface area (Å²) in [5.74, 6) is -1.15. The number of nitrogens with two attached hydrogens (primary N) is 1. The van der Waals surface area contributed by atoms with Crippen molar-refractivity contribution in [3.63, 3.8) is 0 Å². The van der Waals surface area contributed by atoms with Crippen LogP contribution in [-0.4, -0.2) is 30.1 Å². The van der Waals surface area contributed by atoms with Crippen LogP contribution in [0.1, 0.15) is 24.3 Å². The minimum Gasteiger partial charge on any atom is -0.481 e. The lowest BCUT2D eigenvalue weighted by atomic mass is 9.98.